The standard InChI is InChI=1S/C19H18F5N3O4S/c20-18(21)32(30,31)15-4-1-13(2-5-15)12-25-7-9-26(10-8-25)16-6-3-14(19(22,23)24)11-17(16)27(28)29/h1-6,11,18H,7-10,12H2. The smallest absolute Gasteiger partial charge is 0.363 e. The van der Waals surface area contributed by atoms with Crippen molar-refractivity contribution in [3.8, 4) is 0 Å². The highest BCUT2D eigenvalue weighted by atomic mass is 32.2. The number of halogens is 5. The SMILES string of the molecule is O=[N+]([O-])c1cc(C(F)(F)F)ccc1N1CCN(Cc2ccc(S(=O)(=O)C(F)F)cc2)CC1. The van der Waals surface area contributed by atoms with Crippen LogP contribution in [-0.2, 0) is 22.6 Å². The summed E-state index contributed by atoms with van der Waals surface area (Å²) in [5.74, 6) is -3.50. The molecule has 1 fully saturated rings. The number of nitrogens with zero attached hydrogens (tertiary/aromatic N) is 3. The molecule has 0 aromatic heterocycles. The molecule has 3 rings (SSSR count). The molecule has 2 aromatic carbocycles. The van der Waals surface area contributed by atoms with Crippen molar-refractivity contribution in [1.82, 2.24) is 4.90 Å². The summed E-state index contributed by atoms with van der Waals surface area (Å²) >= 11 is 0. The molecule has 0 atom stereocenters. The molecule has 174 valence electrons. The zero-order valence-electron chi connectivity index (χ0n) is 16.4. The molecule has 1 aliphatic rings. The number of benzene rings is 2. The average molecular weight is 479 g/mol. The van der Waals surface area contributed by atoms with Crippen molar-refractivity contribution in [2.24, 2.45) is 0 Å². The third-order valence-electron chi connectivity index (χ3n) is 5.11. The van der Waals surface area contributed by atoms with Crippen LogP contribution in [0.3, 0.4) is 0 Å². The lowest BCUT2D eigenvalue weighted by molar-refractivity contribution is -0.384. The van der Waals surface area contributed by atoms with Gasteiger partial charge in [0.25, 0.3) is 5.69 Å². The maximum atomic E-state index is 12.9. The van der Waals surface area contributed by atoms with E-state index in [-0.39, 0.29) is 5.69 Å². The molecule has 0 bridgehead atoms. The summed E-state index contributed by atoms with van der Waals surface area (Å²) in [5, 5.41) is 11.3. The Kier molecular flexibility index (Phi) is 6.69. The minimum atomic E-state index is -4.69. The zero-order valence-corrected chi connectivity index (χ0v) is 17.2. The molecule has 0 saturated carbocycles. The van der Waals surface area contributed by atoms with Crippen LogP contribution in [0.1, 0.15) is 11.1 Å². The lowest BCUT2D eigenvalue weighted by atomic mass is 10.1. The average Bonchev–Trinajstić information content (AvgIpc) is 2.73. The second-order valence-electron chi connectivity index (χ2n) is 7.17. The van der Waals surface area contributed by atoms with E-state index in [0.29, 0.717) is 44.4 Å². The van der Waals surface area contributed by atoms with E-state index in [4.69, 9.17) is 0 Å². The first kappa shape index (κ1) is 23.9. The summed E-state index contributed by atoms with van der Waals surface area (Å²) in [6.45, 7) is 1.91. The predicted octanol–water partition coefficient (Wildman–Crippen LogP) is 3.93. The van der Waals surface area contributed by atoms with Crippen LogP contribution in [0.4, 0.5) is 33.3 Å². The lowest BCUT2D eigenvalue weighted by Crippen LogP contribution is -2.46. The molecule has 13 heteroatoms. The number of alkyl halides is 5. The molecule has 32 heavy (non-hydrogen) atoms. The largest absolute Gasteiger partial charge is 0.416 e. The number of rotatable bonds is 6. The molecule has 1 aliphatic heterocycles. The van der Waals surface area contributed by atoms with Crippen molar-refractivity contribution in [2.45, 2.75) is 23.4 Å². The van der Waals surface area contributed by atoms with E-state index >= 15 is 0 Å². The molecule has 0 N–H and O–H groups in total. The Labute approximate surface area is 180 Å². The predicted molar refractivity (Wildman–Crippen MR) is 105 cm³/mol. The molecule has 0 unspecified atom stereocenters. The van der Waals surface area contributed by atoms with Crippen LogP contribution in [-0.4, -0.2) is 50.2 Å². The number of nitro benzene ring substituents is 1. The fourth-order valence-corrected chi connectivity index (χ4v) is 4.13. The molecule has 0 amide bonds. The van der Waals surface area contributed by atoms with Crippen LogP contribution in [0.25, 0.3) is 0 Å². The summed E-state index contributed by atoms with van der Waals surface area (Å²) in [5.41, 5.74) is -0.927. The van der Waals surface area contributed by atoms with Crippen molar-refractivity contribution in [2.75, 3.05) is 31.1 Å². The first-order valence-corrected chi connectivity index (χ1v) is 10.9. The van der Waals surface area contributed by atoms with E-state index in [1.807, 2.05) is 4.90 Å². The summed E-state index contributed by atoms with van der Waals surface area (Å²) in [6.07, 6.45) is -4.69. The topological polar surface area (TPSA) is 83.8 Å². The van der Waals surface area contributed by atoms with E-state index < -0.39 is 42.8 Å². The van der Waals surface area contributed by atoms with Crippen molar-refractivity contribution >= 4 is 21.2 Å². The van der Waals surface area contributed by atoms with Crippen LogP contribution in [0.2, 0.25) is 0 Å². The number of hydrogen-bond acceptors (Lipinski definition) is 6. The van der Waals surface area contributed by atoms with Gasteiger partial charge in [-0.15, -0.1) is 0 Å². The van der Waals surface area contributed by atoms with Crippen LogP contribution >= 0.6 is 0 Å². The molecule has 0 radical (unpaired) electrons. The zero-order chi connectivity index (χ0) is 23.7. The Morgan fingerprint density at radius 1 is 1.00 bits per heavy atom. The van der Waals surface area contributed by atoms with Gasteiger partial charge in [0.05, 0.1) is 15.4 Å². The van der Waals surface area contributed by atoms with Crippen LogP contribution in [0.15, 0.2) is 47.4 Å². The summed E-state index contributed by atoms with van der Waals surface area (Å²) in [7, 11) is -4.67. The van der Waals surface area contributed by atoms with Crippen molar-refractivity contribution < 1.29 is 35.3 Å². The van der Waals surface area contributed by atoms with Crippen molar-refractivity contribution in [3.05, 3.63) is 63.7 Å². The van der Waals surface area contributed by atoms with Crippen LogP contribution in [0.5, 0.6) is 0 Å². The van der Waals surface area contributed by atoms with Gasteiger partial charge in [-0.2, -0.15) is 22.0 Å². The molecular formula is C19H18F5N3O4S. The lowest BCUT2D eigenvalue weighted by Gasteiger charge is -2.36. The monoisotopic (exact) mass is 479 g/mol. The van der Waals surface area contributed by atoms with Gasteiger partial charge in [0.2, 0.25) is 9.84 Å². The number of hydrogen-bond donors (Lipinski definition) is 0. The molecule has 0 aliphatic carbocycles. The van der Waals surface area contributed by atoms with Gasteiger partial charge in [0.15, 0.2) is 0 Å². The Morgan fingerprint density at radius 2 is 1.59 bits per heavy atom. The third-order valence-corrected chi connectivity index (χ3v) is 6.50. The van der Waals surface area contributed by atoms with Gasteiger partial charge in [-0.3, -0.25) is 15.0 Å². The van der Waals surface area contributed by atoms with E-state index in [1.165, 1.54) is 12.1 Å². The Hall–Kier alpha value is -2.80. The van der Waals surface area contributed by atoms with E-state index in [9.17, 15) is 40.5 Å². The van der Waals surface area contributed by atoms with Crippen LogP contribution in [0, 0.1) is 10.1 Å². The van der Waals surface area contributed by atoms with Gasteiger partial charge in [-0.25, -0.2) is 8.42 Å². The maximum Gasteiger partial charge on any atom is 0.416 e. The number of sulfone groups is 1. The maximum absolute atomic E-state index is 12.9. The number of anilines is 1. The van der Waals surface area contributed by atoms with E-state index in [2.05, 4.69) is 0 Å². The van der Waals surface area contributed by atoms with Gasteiger partial charge in [0, 0.05) is 38.8 Å². The fourth-order valence-electron chi connectivity index (χ4n) is 3.41. The quantitative estimate of drug-likeness (QED) is 0.355. The van der Waals surface area contributed by atoms with Crippen LogP contribution < -0.4 is 4.90 Å². The highest BCUT2D eigenvalue weighted by molar-refractivity contribution is 7.91. The molecule has 7 nitrogen and oxygen atoms in total. The minimum Gasteiger partial charge on any atom is -0.363 e. The van der Waals surface area contributed by atoms with Gasteiger partial charge >= 0.3 is 11.9 Å². The van der Waals surface area contributed by atoms with E-state index in [0.717, 1.165) is 24.3 Å². The first-order chi connectivity index (χ1) is 14.9. The Morgan fingerprint density at radius 3 is 2.09 bits per heavy atom. The Balaban J connectivity index is 1.66. The fraction of sp³-hybridized carbons (Fsp3) is 0.368. The molecule has 0 spiro atoms. The van der Waals surface area contributed by atoms with Crippen molar-refractivity contribution in [1.29, 1.82) is 0 Å². The molecule has 1 saturated heterocycles. The van der Waals surface area contributed by atoms with Gasteiger partial charge in [-0.1, -0.05) is 12.1 Å². The van der Waals surface area contributed by atoms with E-state index in [1.54, 1.807) is 4.90 Å². The molecule has 1 heterocycles. The summed E-state index contributed by atoms with van der Waals surface area (Å²) in [4.78, 5) is 13.6. The van der Waals surface area contributed by atoms with Gasteiger partial charge in [-0.05, 0) is 29.8 Å². The van der Waals surface area contributed by atoms with Gasteiger partial charge in [0.1, 0.15) is 5.69 Å². The number of nitro groups is 1. The second kappa shape index (κ2) is 8.98. The second-order valence-corrected chi connectivity index (χ2v) is 9.09. The first-order valence-electron chi connectivity index (χ1n) is 9.33. The van der Waals surface area contributed by atoms with Gasteiger partial charge < -0.3 is 4.90 Å². The Bertz CT molecular complexity index is 1080. The summed E-state index contributed by atoms with van der Waals surface area (Å²) in [6, 6.07) is 7.52. The highest BCUT2D eigenvalue weighted by Crippen LogP contribution is 2.36. The summed E-state index contributed by atoms with van der Waals surface area (Å²) < 4.78 is 86.8. The third kappa shape index (κ3) is 5.15. The minimum absolute atomic E-state index is 0.101. The normalized spacial score (nSPS) is 15.9. The number of piperazine rings is 1. The molecular weight excluding hydrogens is 461 g/mol. The highest BCUT2D eigenvalue weighted by Gasteiger charge is 2.34. The molecule has 2 aromatic rings. The van der Waals surface area contributed by atoms with Crippen molar-refractivity contribution in [3.63, 3.8) is 0 Å².